The van der Waals surface area contributed by atoms with Crippen LogP contribution >= 0.6 is 0 Å². The van der Waals surface area contributed by atoms with E-state index in [2.05, 4.69) is 0 Å². The van der Waals surface area contributed by atoms with Gasteiger partial charge in [-0.25, -0.2) is 4.79 Å². The van der Waals surface area contributed by atoms with Crippen LogP contribution in [0.2, 0.25) is 0 Å². The van der Waals surface area contributed by atoms with Gasteiger partial charge in [-0.3, -0.25) is 14.9 Å². The summed E-state index contributed by atoms with van der Waals surface area (Å²) in [6.45, 7) is 5.45. The number of hydrogen-bond donors (Lipinski definition) is 0. The number of non-ortho nitro benzene ring substituents is 1. The van der Waals surface area contributed by atoms with Crippen LogP contribution in [0.25, 0.3) is 0 Å². The lowest BCUT2D eigenvalue weighted by molar-refractivity contribution is -0.384. The highest BCUT2D eigenvalue weighted by molar-refractivity contribution is 6.24. The summed E-state index contributed by atoms with van der Waals surface area (Å²) < 4.78 is 4.88. The van der Waals surface area contributed by atoms with Gasteiger partial charge in [-0.1, -0.05) is 11.6 Å². The summed E-state index contributed by atoms with van der Waals surface area (Å²) in [5, 5.41) is 10.6. The van der Waals surface area contributed by atoms with Crippen LogP contribution in [0.1, 0.15) is 31.1 Å². The van der Waals surface area contributed by atoms with Gasteiger partial charge in [-0.05, 0) is 39.0 Å². The Kier molecular flexibility index (Phi) is 6.19. The van der Waals surface area contributed by atoms with Crippen molar-refractivity contribution in [1.82, 2.24) is 0 Å². The standard InChI is InChI=1S/C16H17NO5/c1-4-22-16(19)14(10-5-11(2)3)15(18)12-6-8-13(9-7-12)17(20)21/h5-10H,4H2,1-3H3/b14-10+. The van der Waals surface area contributed by atoms with Gasteiger partial charge in [0.05, 0.1) is 11.5 Å². The molecule has 0 amide bonds. The van der Waals surface area contributed by atoms with E-state index in [1.807, 2.05) is 13.8 Å². The Bertz CT molecular complexity index is 637. The molecule has 1 aromatic rings. The summed E-state index contributed by atoms with van der Waals surface area (Å²) in [5.41, 5.74) is 0.866. The van der Waals surface area contributed by atoms with Gasteiger partial charge in [-0.2, -0.15) is 0 Å². The van der Waals surface area contributed by atoms with Crippen molar-refractivity contribution in [2.75, 3.05) is 6.61 Å². The molecule has 0 bridgehead atoms. The highest BCUT2D eigenvalue weighted by atomic mass is 16.6. The Balaban J connectivity index is 3.16. The lowest BCUT2D eigenvalue weighted by Gasteiger charge is -2.06. The fourth-order valence-electron chi connectivity index (χ4n) is 1.59. The molecule has 0 aliphatic carbocycles. The fraction of sp³-hybridized carbons (Fsp3) is 0.250. The molecule has 0 saturated heterocycles. The Morgan fingerprint density at radius 3 is 2.23 bits per heavy atom. The third-order valence-corrected chi connectivity index (χ3v) is 2.66. The molecule has 116 valence electrons. The number of nitrogens with zero attached hydrogens (tertiary/aromatic N) is 1. The van der Waals surface area contributed by atoms with Crippen LogP contribution in [0.3, 0.4) is 0 Å². The maximum Gasteiger partial charge on any atom is 0.342 e. The van der Waals surface area contributed by atoms with Gasteiger partial charge >= 0.3 is 5.97 Å². The van der Waals surface area contributed by atoms with E-state index >= 15 is 0 Å². The molecule has 1 aromatic carbocycles. The lowest BCUT2D eigenvalue weighted by Crippen LogP contribution is -2.16. The number of esters is 1. The van der Waals surface area contributed by atoms with Gasteiger partial charge < -0.3 is 4.74 Å². The third kappa shape index (κ3) is 4.66. The number of nitro benzene ring substituents is 1. The minimum absolute atomic E-state index is 0.114. The van der Waals surface area contributed by atoms with E-state index in [4.69, 9.17) is 4.74 Å². The van der Waals surface area contributed by atoms with E-state index in [0.717, 1.165) is 5.57 Å². The maximum absolute atomic E-state index is 12.4. The van der Waals surface area contributed by atoms with E-state index in [-0.39, 0.29) is 23.4 Å². The van der Waals surface area contributed by atoms with Gasteiger partial charge in [-0.15, -0.1) is 0 Å². The van der Waals surface area contributed by atoms with Crippen molar-refractivity contribution in [3.05, 3.63) is 63.2 Å². The summed E-state index contributed by atoms with van der Waals surface area (Å²) >= 11 is 0. The number of ketones is 1. The van der Waals surface area contributed by atoms with Crippen LogP contribution in [-0.2, 0) is 9.53 Å². The molecular weight excluding hydrogens is 286 g/mol. The Morgan fingerprint density at radius 1 is 1.18 bits per heavy atom. The number of benzene rings is 1. The molecule has 0 spiro atoms. The number of ether oxygens (including phenoxy) is 1. The Labute approximate surface area is 128 Å². The predicted molar refractivity (Wildman–Crippen MR) is 81.6 cm³/mol. The van der Waals surface area contributed by atoms with Crippen LogP contribution in [-0.4, -0.2) is 23.3 Å². The monoisotopic (exact) mass is 303 g/mol. The summed E-state index contributed by atoms with van der Waals surface area (Å²) in [7, 11) is 0. The summed E-state index contributed by atoms with van der Waals surface area (Å²) in [4.78, 5) is 34.3. The number of nitro groups is 1. The van der Waals surface area contributed by atoms with Crippen LogP contribution in [0.5, 0.6) is 0 Å². The average molecular weight is 303 g/mol. The zero-order valence-corrected chi connectivity index (χ0v) is 12.7. The Morgan fingerprint density at radius 2 is 1.77 bits per heavy atom. The molecule has 0 aliphatic rings. The van der Waals surface area contributed by atoms with Crippen molar-refractivity contribution < 1.29 is 19.2 Å². The molecule has 1 rings (SSSR count). The molecule has 0 heterocycles. The molecular formula is C16H17NO5. The second kappa shape index (κ2) is 7.87. The first-order chi connectivity index (χ1) is 10.4. The van der Waals surface area contributed by atoms with Gasteiger partial charge in [0.25, 0.3) is 5.69 Å². The second-order valence-corrected chi connectivity index (χ2v) is 4.68. The molecule has 0 N–H and O–H groups in total. The molecule has 0 atom stereocenters. The molecule has 6 nitrogen and oxygen atoms in total. The van der Waals surface area contributed by atoms with Crippen molar-refractivity contribution in [2.45, 2.75) is 20.8 Å². The highest BCUT2D eigenvalue weighted by Gasteiger charge is 2.21. The Hall–Kier alpha value is -2.76. The van der Waals surface area contributed by atoms with Crippen LogP contribution in [0.15, 0.2) is 47.6 Å². The number of Topliss-reactive ketones (excluding diaryl/α,β-unsaturated/α-hetero) is 1. The van der Waals surface area contributed by atoms with Gasteiger partial charge in [0.15, 0.2) is 5.78 Å². The topological polar surface area (TPSA) is 86.5 Å². The van der Waals surface area contributed by atoms with E-state index in [0.29, 0.717) is 0 Å². The van der Waals surface area contributed by atoms with Crippen molar-refractivity contribution in [3.8, 4) is 0 Å². The molecule has 0 radical (unpaired) electrons. The molecule has 0 unspecified atom stereocenters. The van der Waals surface area contributed by atoms with Crippen molar-refractivity contribution in [2.24, 2.45) is 0 Å². The first-order valence-electron chi connectivity index (χ1n) is 6.68. The lowest BCUT2D eigenvalue weighted by atomic mass is 10.0. The van der Waals surface area contributed by atoms with Gasteiger partial charge in [0.1, 0.15) is 5.57 Å². The largest absolute Gasteiger partial charge is 0.462 e. The van der Waals surface area contributed by atoms with Crippen LogP contribution < -0.4 is 0 Å². The average Bonchev–Trinajstić information content (AvgIpc) is 2.47. The molecule has 0 saturated carbocycles. The summed E-state index contributed by atoms with van der Waals surface area (Å²) in [5.74, 6) is -1.26. The number of rotatable bonds is 6. The summed E-state index contributed by atoms with van der Waals surface area (Å²) in [6.07, 6.45) is 3.03. The first kappa shape index (κ1) is 17.3. The third-order valence-electron chi connectivity index (χ3n) is 2.66. The van der Waals surface area contributed by atoms with E-state index in [1.54, 1.807) is 13.0 Å². The predicted octanol–water partition coefficient (Wildman–Crippen LogP) is 3.23. The zero-order valence-electron chi connectivity index (χ0n) is 12.7. The normalized spacial score (nSPS) is 10.8. The number of hydrogen-bond acceptors (Lipinski definition) is 5. The van der Waals surface area contributed by atoms with Crippen LogP contribution in [0, 0.1) is 10.1 Å². The highest BCUT2D eigenvalue weighted by Crippen LogP contribution is 2.16. The van der Waals surface area contributed by atoms with Crippen molar-refractivity contribution >= 4 is 17.4 Å². The molecule has 6 heteroatoms. The minimum atomic E-state index is -0.719. The number of carbonyl (C=O) groups is 2. The quantitative estimate of drug-likeness (QED) is 0.118. The number of allylic oxidation sites excluding steroid dienone is 3. The van der Waals surface area contributed by atoms with E-state index in [1.165, 1.54) is 30.3 Å². The SMILES string of the molecule is CCOC(=O)/C(=C/C=C(C)C)C(=O)c1ccc([N+](=O)[O-])cc1. The van der Waals surface area contributed by atoms with Crippen molar-refractivity contribution in [3.63, 3.8) is 0 Å². The minimum Gasteiger partial charge on any atom is -0.462 e. The maximum atomic E-state index is 12.4. The molecule has 0 aliphatic heterocycles. The van der Waals surface area contributed by atoms with E-state index in [9.17, 15) is 19.7 Å². The molecule has 22 heavy (non-hydrogen) atoms. The van der Waals surface area contributed by atoms with Gasteiger partial charge in [0, 0.05) is 17.7 Å². The second-order valence-electron chi connectivity index (χ2n) is 4.68. The smallest absolute Gasteiger partial charge is 0.342 e. The van der Waals surface area contributed by atoms with Gasteiger partial charge in [0.2, 0.25) is 0 Å². The first-order valence-corrected chi connectivity index (χ1v) is 6.68. The molecule has 0 aromatic heterocycles. The zero-order chi connectivity index (χ0) is 16.7. The molecule has 0 fully saturated rings. The fourth-order valence-corrected chi connectivity index (χ4v) is 1.59. The number of carbonyl (C=O) groups excluding carboxylic acids is 2. The summed E-state index contributed by atoms with van der Waals surface area (Å²) in [6, 6.07) is 5.07. The van der Waals surface area contributed by atoms with Crippen LogP contribution in [0.4, 0.5) is 5.69 Å². The van der Waals surface area contributed by atoms with Crippen molar-refractivity contribution in [1.29, 1.82) is 0 Å². The van der Waals surface area contributed by atoms with E-state index < -0.39 is 16.7 Å².